The number of rotatable bonds is 6. The highest BCUT2D eigenvalue weighted by Gasteiger charge is 2.09. The van der Waals surface area contributed by atoms with Gasteiger partial charge >= 0.3 is 0 Å². The van der Waals surface area contributed by atoms with E-state index in [4.69, 9.17) is 23.2 Å². The van der Waals surface area contributed by atoms with E-state index in [1.807, 2.05) is 12.1 Å². The number of benzene rings is 2. The fourth-order valence-electron chi connectivity index (χ4n) is 2.01. The Kier molecular flexibility index (Phi) is 6.46. The third kappa shape index (κ3) is 5.44. The van der Waals surface area contributed by atoms with Gasteiger partial charge in [0.05, 0.1) is 15.7 Å². The first-order valence-electron chi connectivity index (χ1n) is 7.31. The van der Waals surface area contributed by atoms with Crippen LogP contribution in [0.2, 0.25) is 10.0 Å². The first kappa shape index (κ1) is 18.1. The molecule has 2 aromatic rings. The molecular weight excluding hydrogens is 349 g/mol. The van der Waals surface area contributed by atoms with Gasteiger partial charge in [0.25, 0.3) is 0 Å². The first-order chi connectivity index (χ1) is 11.5. The molecule has 3 N–H and O–H groups in total. The lowest BCUT2D eigenvalue weighted by molar-refractivity contribution is -0.116. The van der Waals surface area contributed by atoms with Crippen molar-refractivity contribution in [2.45, 2.75) is 13.3 Å². The summed E-state index contributed by atoms with van der Waals surface area (Å²) in [5.41, 5.74) is 2.00. The minimum Gasteiger partial charge on any atom is -0.385 e. The molecule has 0 fully saturated rings. The molecule has 0 aliphatic carbocycles. The molecule has 2 amide bonds. The summed E-state index contributed by atoms with van der Waals surface area (Å²) < 4.78 is 0. The number of amides is 2. The number of anilines is 3. The summed E-state index contributed by atoms with van der Waals surface area (Å²) in [7, 11) is 0. The van der Waals surface area contributed by atoms with E-state index in [1.165, 1.54) is 6.92 Å². The Morgan fingerprint density at radius 3 is 2.08 bits per heavy atom. The van der Waals surface area contributed by atoms with Gasteiger partial charge in [-0.1, -0.05) is 29.3 Å². The lowest BCUT2D eigenvalue weighted by Crippen LogP contribution is -2.16. The predicted octanol–water partition coefficient (Wildman–Crippen LogP) is 4.39. The summed E-state index contributed by atoms with van der Waals surface area (Å²) in [6, 6.07) is 12.3. The molecule has 0 heterocycles. The van der Waals surface area contributed by atoms with Crippen molar-refractivity contribution in [3.63, 3.8) is 0 Å². The van der Waals surface area contributed by atoms with Gasteiger partial charge in [-0.25, -0.2) is 0 Å². The number of nitrogens with one attached hydrogen (secondary N) is 3. The molecule has 0 saturated carbocycles. The van der Waals surface area contributed by atoms with Crippen LogP contribution in [0.1, 0.15) is 13.3 Å². The van der Waals surface area contributed by atoms with E-state index >= 15 is 0 Å². The molecule has 0 aliphatic rings. The molecule has 0 radical (unpaired) electrons. The molecule has 0 aromatic heterocycles. The van der Waals surface area contributed by atoms with Gasteiger partial charge < -0.3 is 16.0 Å². The zero-order valence-electron chi connectivity index (χ0n) is 13.0. The first-order valence-corrected chi connectivity index (χ1v) is 8.06. The summed E-state index contributed by atoms with van der Waals surface area (Å²) in [6.45, 7) is 1.91. The molecule has 126 valence electrons. The molecule has 2 rings (SSSR count). The maximum absolute atomic E-state index is 12.0. The molecule has 24 heavy (non-hydrogen) atoms. The van der Waals surface area contributed by atoms with Gasteiger partial charge in [0, 0.05) is 31.3 Å². The predicted molar refractivity (Wildman–Crippen MR) is 98.9 cm³/mol. The Hall–Kier alpha value is -2.24. The van der Waals surface area contributed by atoms with Crippen molar-refractivity contribution in [2.24, 2.45) is 0 Å². The summed E-state index contributed by atoms with van der Waals surface area (Å²) >= 11 is 12.0. The molecule has 0 aliphatic heterocycles. The lowest BCUT2D eigenvalue weighted by Gasteiger charge is -2.10. The second kappa shape index (κ2) is 8.57. The van der Waals surface area contributed by atoms with E-state index in [0.717, 1.165) is 11.4 Å². The highest BCUT2D eigenvalue weighted by molar-refractivity contribution is 6.39. The van der Waals surface area contributed by atoms with Crippen molar-refractivity contribution in [1.82, 2.24) is 0 Å². The summed E-state index contributed by atoms with van der Waals surface area (Å²) in [5, 5.41) is 9.33. The Bertz CT molecular complexity index is 713. The Balaban J connectivity index is 1.81. The Morgan fingerprint density at radius 1 is 0.917 bits per heavy atom. The van der Waals surface area contributed by atoms with E-state index < -0.39 is 0 Å². The quantitative estimate of drug-likeness (QED) is 0.710. The molecule has 0 bridgehead atoms. The summed E-state index contributed by atoms with van der Waals surface area (Å²) in [6.07, 6.45) is 0.259. The maximum Gasteiger partial charge on any atom is 0.226 e. The Labute approximate surface area is 150 Å². The third-order valence-electron chi connectivity index (χ3n) is 3.11. The minimum atomic E-state index is -0.188. The van der Waals surface area contributed by atoms with Gasteiger partial charge in [0.1, 0.15) is 0 Å². The van der Waals surface area contributed by atoms with Crippen LogP contribution in [-0.2, 0) is 9.59 Å². The molecule has 2 aromatic carbocycles. The maximum atomic E-state index is 12.0. The number of halogens is 2. The highest BCUT2D eigenvalue weighted by atomic mass is 35.5. The fraction of sp³-hybridized carbons (Fsp3) is 0.176. The van der Waals surface area contributed by atoms with Crippen molar-refractivity contribution in [1.29, 1.82) is 0 Å². The van der Waals surface area contributed by atoms with E-state index in [0.29, 0.717) is 22.3 Å². The zero-order chi connectivity index (χ0) is 17.5. The molecule has 7 heteroatoms. The van der Waals surface area contributed by atoms with Crippen molar-refractivity contribution < 1.29 is 9.59 Å². The van der Waals surface area contributed by atoms with Gasteiger partial charge in [-0.05, 0) is 36.4 Å². The van der Waals surface area contributed by atoms with Gasteiger partial charge in [0.15, 0.2) is 0 Å². The number of carbonyl (C=O) groups is 2. The smallest absolute Gasteiger partial charge is 0.226 e. The SMILES string of the molecule is CC(=O)Nc1ccc(NCCC(=O)Nc2c(Cl)cccc2Cl)cc1. The average Bonchev–Trinajstić information content (AvgIpc) is 2.52. The van der Waals surface area contributed by atoms with Crippen LogP contribution in [-0.4, -0.2) is 18.4 Å². The minimum absolute atomic E-state index is 0.120. The standard InChI is InChI=1S/C17H17Cl2N3O2/c1-11(23)21-13-7-5-12(6-8-13)20-10-9-16(24)22-17-14(18)3-2-4-15(17)19/h2-8,20H,9-10H2,1H3,(H,21,23)(H,22,24). The van der Waals surface area contributed by atoms with Crippen molar-refractivity contribution >= 4 is 52.1 Å². The van der Waals surface area contributed by atoms with Gasteiger partial charge in [-0.3, -0.25) is 9.59 Å². The molecule has 0 saturated heterocycles. The zero-order valence-corrected chi connectivity index (χ0v) is 14.5. The summed E-state index contributed by atoms with van der Waals surface area (Å²) in [5.74, 6) is -0.307. The van der Waals surface area contributed by atoms with Gasteiger partial charge in [-0.15, -0.1) is 0 Å². The van der Waals surface area contributed by atoms with E-state index in [-0.39, 0.29) is 18.2 Å². The van der Waals surface area contributed by atoms with Crippen molar-refractivity contribution in [2.75, 3.05) is 22.5 Å². The van der Waals surface area contributed by atoms with E-state index in [1.54, 1.807) is 30.3 Å². The van der Waals surface area contributed by atoms with Crippen molar-refractivity contribution in [3.8, 4) is 0 Å². The fourth-order valence-corrected chi connectivity index (χ4v) is 2.51. The van der Waals surface area contributed by atoms with Crippen LogP contribution in [0, 0.1) is 0 Å². The molecule has 5 nitrogen and oxygen atoms in total. The number of hydrogen-bond donors (Lipinski definition) is 3. The third-order valence-corrected chi connectivity index (χ3v) is 3.74. The van der Waals surface area contributed by atoms with Crippen LogP contribution < -0.4 is 16.0 Å². The van der Waals surface area contributed by atoms with Crippen LogP contribution in [0.25, 0.3) is 0 Å². The topological polar surface area (TPSA) is 70.2 Å². The van der Waals surface area contributed by atoms with Crippen LogP contribution >= 0.6 is 23.2 Å². The van der Waals surface area contributed by atoms with E-state index in [2.05, 4.69) is 16.0 Å². The van der Waals surface area contributed by atoms with E-state index in [9.17, 15) is 9.59 Å². The van der Waals surface area contributed by atoms with Crippen LogP contribution in [0.4, 0.5) is 17.1 Å². The average molecular weight is 366 g/mol. The molecule has 0 unspecified atom stereocenters. The van der Waals surface area contributed by atoms with Crippen LogP contribution in [0.5, 0.6) is 0 Å². The monoisotopic (exact) mass is 365 g/mol. The Morgan fingerprint density at radius 2 is 1.50 bits per heavy atom. The van der Waals surface area contributed by atoms with Gasteiger partial charge in [0.2, 0.25) is 11.8 Å². The van der Waals surface area contributed by atoms with Crippen molar-refractivity contribution in [3.05, 3.63) is 52.5 Å². The highest BCUT2D eigenvalue weighted by Crippen LogP contribution is 2.29. The molecule has 0 spiro atoms. The number of para-hydroxylation sites is 1. The number of carbonyl (C=O) groups excluding carboxylic acids is 2. The normalized spacial score (nSPS) is 10.1. The van der Waals surface area contributed by atoms with Gasteiger partial charge in [-0.2, -0.15) is 0 Å². The van der Waals surface area contributed by atoms with Crippen LogP contribution in [0.3, 0.4) is 0 Å². The largest absolute Gasteiger partial charge is 0.385 e. The number of hydrogen-bond acceptors (Lipinski definition) is 3. The second-order valence-electron chi connectivity index (χ2n) is 5.08. The second-order valence-corrected chi connectivity index (χ2v) is 5.89. The summed E-state index contributed by atoms with van der Waals surface area (Å²) in [4.78, 5) is 22.9. The molecule has 0 atom stereocenters. The molecular formula is C17H17Cl2N3O2. The van der Waals surface area contributed by atoms with Crippen LogP contribution in [0.15, 0.2) is 42.5 Å². The lowest BCUT2D eigenvalue weighted by atomic mass is 10.2.